The Balaban J connectivity index is 0.985. The Bertz CT molecular complexity index is 1680. The second kappa shape index (κ2) is 18.3. The number of anilines is 1. The molecule has 5 atom stereocenters. The van der Waals surface area contributed by atoms with Gasteiger partial charge in [-0.2, -0.15) is 0 Å². The van der Waals surface area contributed by atoms with Crippen LogP contribution in [0.1, 0.15) is 143 Å². The van der Waals surface area contributed by atoms with Crippen LogP contribution in [0.15, 0.2) is 47.1 Å². The molecule has 4 aliphatic carbocycles. The molecule has 0 amide bonds. The van der Waals surface area contributed by atoms with Gasteiger partial charge in [0.25, 0.3) is 0 Å². The number of likely N-dealkylation sites (tertiary alicyclic amines) is 1. The van der Waals surface area contributed by atoms with E-state index in [0.717, 1.165) is 77.5 Å². The molecule has 1 heterocycles. The van der Waals surface area contributed by atoms with E-state index in [2.05, 4.69) is 48.0 Å². The highest BCUT2D eigenvalue weighted by atomic mass is 16.6. The third-order valence-corrected chi connectivity index (χ3v) is 14.1. The number of ketones is 2. The Morgan fingerprint density at radius 1 is 0.912 bits per heavy atom. The molecule has 1 aromatic carbocycles. The van der Waals surface area contributed by atoms with Gasteiger partial charge in [0, 0.05) is 44.0 Å². The molecule has 0 bridgehead atoms. The van der Waals surface area contributed by atoms with Gasteiger partial charge in [0.2, 0.25) is 0 Å². The van der Waals surface area contributed by atoms with Crippen LogP contribution >= 0.6 is 0 Å². The minimum atomic E-state index is -1.10. The van der Waals surface area contributed by atoms with Crippen molar-refractivity contribution in [1.29, 1.82) is 0 Å². The summed E-state index contributed by atoms with van der Waals surface area (Å²) in [7, 11) is 2.18. The molecule has 314 valence electrons. The molecule has 57 heavy (non-hydrogen) atoms. The maximum absolute atomic E-state index is 13.5. The highest BCUT2D eigenvalue weighted by Crippen LogP contribution is 2.67. The number of rotatable bonds is 16. The number of allylic oxidation sites excluding steroid dienone is 4. The average Bonchev–Trinajstić information content (AvgIpc) is 3.45. The van der Waals surface area contributed by atoms with Crippen molar-refractivity contribution in [1.82, 2.24) is 4.90 Å². The zero-order valence-electron chi connectivity index (χ0n) is 36.1. The fraction of sp³-hybridized carbons (Fsp3) is 0.708. The van der Waals surface area contributed by atoms with Crippen LogP contribution in [0.5, 0.6) is 0 Å². The van der Waals surface area contributed by atoms with Crippen LogP contribution in [0.4, 0.5) is 5.69 Å². The number of fused-ring (bicyclic) bond motifs is 4. The van der Waals surface area contributed by atoms with Crippen LogP contribution in [0, 0.1) is 23.2 Å². The van der Waals surface area contributed by atoms with Crippen molar-refractivity contribution in [3.63, 3.8) is 0 Å². The molecule has 0 aromatic heterocycles. The number of nitrogens with zero attached hydrogens (tertiary/aromatic N) is 2. The lowest BCUT2D eigenvalue weighted by molar-refractivity contribution is -0.182. The van der Waals surface area contributed by atoms with Gasteiger partial charge in [-0.3, -0.25) is 14.4 Å². The predicted octanol–water partition coefficient (Wildman–Crippen LogP) is 8.93. The average molecular weight is 787 g/mol. The fourth-order valence-electron chi connectivity index (χ4n) is 11.4. The Kier molecular flexibility index (Phi) is 13.9. The van der Waals surface area contributed by atoms with E-state index in [9.17, 15) is 19.2 Å². The van der Waals surface area contributed by atoms with Gasteiger partial charge < -0.3 is 24.0 Å². The zero-order valence-corrected chi connectivity index (χ0v) is 36.1. The number of piperidine rings is 1. The smallest absolute Gasteiger partial charge is 0.332 e. The molecule has 5 aliphatic rings. The molecule has 2 saturated carbocycles. The molecule has 9 nitrogen and oxygen atoms in total. The fourth-order valence-corrected chi connectivity index (χ4v) is 11.4. The van der Waals surface area contributed by atoms with Crippen LogP contribution in [0.25, 0.3) is 0 Å². The van der Waals surface area contributed by atoms with Crippen LogP contribution in [0.3, 0.4) is 0 Å². The molecular weight excluding hydrogens is 717 g/mol. The Morgan fingerprint density at radius 2 is 1.61 bits per heavy atom. The first-order chi connectivity index (χ1) is 27.1. The number of esters is 2. The van der Waals surface area contributed by atoms with Crippen molar-refractivity contribution in [2.45, 2.75) is 149 Å². The number of hydrogen-bond donors (Lipinski definition) is 0. The summed E-state index contributed by atoms with van der Waals surface area (Å²) in [6, 6.07) is 9.08. The van der Waals surface area contributed by atoms with Crippen molar-refractivity contribution in [3.05, 3.63) is 52.6 Å². The first kappa shape index (κ1) is 43.3. The number of benzene rings is 1. The third kappa shape index (κ3) is 9.95. The highest BCUT2D eigenvalue weighted by Gasteiger charge is 2.67. The lowest BCUT2D eigenvalue weighted by atomic mass is 9.50. The van der Waals surface area contributed by atoms with Gasteiger partial charge in [0.15, 0.2) is 17.2 Å². The van der Waals surface area contributed by atoms with E-state index in [-0.39, 0.29) is 41.9 Å². The number of unbranched alkanes of at least 4 members (excludes halogenated alkanes) is 4. The van der Waals surface area contributed by atoms with E-state index in [1.807, 2.05) is 26.8 Å². The van der Waals surface area contributed by atoms with E-state index in [4.69, 9.17) is 14.2 Å². The van der Waals surface area contributed by atoms with Gasteiger partial charge in [0.1, 0.15) is 12.2 Å². The van der Waals surface area contributed by atoms with E-state index >= 15 is 0 Å². The van der Waals surface area contributed by atoms with Gasteiger partial charge in [0.05, 0.1) is 6.61 Å². The molecule has 0 radical (unpaired) electrons. The summed E-state index contributed by atoms with van der Waals surface area (Å²) in [5.74, 6) is 0.717. The Labute approximate surface area is 342 Å². The lowest BCUT2D eigenvalue weighted by Crippen LogP contribution is -2.57. The first-order valence-corrected chi connectivity index (χ1v) is 22.1. The Morgan fingerprint density at radius 3 is 2.30 bits per heavy atom. The summed E-state index contributed by atoms with van der Waals surface area (Å²) in [5.41, 5.74) is 4.50. The zero-order chi connectivity index (χ0) is 41.0. The number of hydrogen-bond acceptors (Lipinski definition) is 9. The molecular formula is C48H70N2O7. The molecule has 1 aromatic rings. The second-order valence-electron chi connectivity index (χ2n) is 19.2. The van der Waals surface area contributed by atoms with Crippen LogP contribution in [0.2, 0.25) is 0 Å². The standard InChI is InChI=1S/C48H70N2O7/c1-33(51)48(56-34(2)52)24-21-43-41-19-15-37-29-39(53)18-20-40(37)45(41)42(30-47(43,48)6)36-13-16-38(17-14-36)49(7)25-11-9-8-10-12-26-50-27-22-35(23-28-50)31-55-32-44(54)57-46(3,4)5/h13-14,16-17,29,35,41-43H,8-12,15,18-28,30-32H2,1-7H3/t41-,42+,43-,47-,48-/m0/s1. The number of carbonyl (C=O) groups excluding carboxylic acids is 4. The quantitative estimate of drug-likeness (QED) is 0.120. The molecule has 9 heteroatoms. The van der Waals surface area contributed by atoms with E-state index in [1.165, 1.54) is 60.6 Å². The summed E-state index contributed by atoms with van der Waals surface area (Å²) in [5, 5.41) is 0. The summed E-state index contributed by atoms with van der Waals surface area (Å²) in [6.07, 6.45) is 15.7. The topological polar surface area (TPSA) is 102 Å². The minimum absolute atomic E-state index is 0.0358. The van der Waals surface area contributed by atoms with Crippen molar-refractivity contribution in [2.75, 3.05) is 51.3 Å². The van der Waals surface area contributed by atoms with Crippen LogP contribution < -0.4 is 4.90 Å². The molecule has 6 rings (SSSR count). The maximum atomic E-state index is 13.5. The van der Waals surface area contributed by atoms with Crippen LogP contribution in [-0.2, 0) is 33.4 Å². The van der Waals surface area contributed by atoms with Crippen molar-refractivity contribution in [2.24, 2.45) is 23.2 Å². The lowest BCUT2D eigenvalue weighted by Gasteiger charge is -2.55. The predicted molar refractivity (Wildman–Crippen MR) is 224 cm³/mol. The minimum Gasteiger partial charge on any atom is -0.458 e. The van der Waals surface area contributed by atoms with Gasteiger partial charge in [-0.25, -0.2) is 4.79 Å². The Hall–Kier alpha value is -3.30. The maximum Gasteiger partial charge on any atom is 0.332 e. The van der Waals surface area contributed by atoms with E-state index in [0.29, 0.717) is 31.3 Å². The van der Waals surface area contributed by atoms with Crippen LogP contribution in [-0.4, -0.2) is 86.0 Å². The summed E-state index contributed by atoms with van der Waals surface area (Å²) >= 11 is 0. The highest BCUT2D eigenvalue weighted by molar-refractivity contribution is 5.93. The molecule has 3 fully saturated rings. The summed E-state index contributed by atoms with van der Waals surface area (Å²) in [6.45, 7) is 15.9. The SMILES string of the molecule is CC(=O)O[C@]1(C(C)=O)CC[C@H]2[C@@H]3CCC4=CC(=O)CCC4=C3[C@@H](c3ccc(N(C)CCCCCCCN4CCC(COCC(=O)OC(C)(C)C)CC4)cc3)C[C@@]21C. The van der Waals surface area contributed by atoms with Gasteiger partial charge >= 0.3 is 11.9 Å². The third-order valence-electron chi connectivity index (χ3n) is 14.1. The summed E-state index contributed by atoms with van der Waals surface area (Å²) in [4.78, 5) is 55.3. The normalized spacial score (nSPS) is 27.9. The first-order valence-electron chi connectivity index (χ1n) is 22.1. The van der Waals surface area contributed by atoms with Gasteiger partial charge in [-0.1, -0.05) is 43.9 Å². The van der Waals surface area contributed by atoms with Gasteiger partial charge in [-0.05, 0) is 164 Å². The van der Waals surface area contributed by atoms with Crippen molar-refractivity contribution >= 4 is 29.2 Å². The molecule has 1 aliphatic heterocycles. The molecule has 0 unspecified atom stereocenters. The van der Waals surface area contributed by atoms with Crippen molar-refractivity contribution in [3.8, 4) is 0 Å². The van der Waals surface area contributed by atoms with E-state index in [1.54, 1.807) is 6.92 Å². The molecule has 0 spiro atoms. The van der Waals surface area contributed by atoms with Crippen molar-refractivity contribution < 1.29 is 33.4 Å². The molecule has 1 saturated heterocycles. The van der Waals surface area contributed by atoms with Gasteiger partial charge in [-0.15, -0.1) is 0 Å². The number of carbonyl (C=O) groups is 4. The number of ether oxygens (including phenoxy) is 3. The largest absolute Gasteiger partial charge is 0.458 e. The monoisotopic (exact) mass is 787 g/mol. The molecule has 0 N–H and O–H groups in total. The summed E-state index contributed by atoms with van der Waals surface area (Å²) < 4.78 is 17.1. The second-order valence-corrected chi connectivity index (χ2v) is 19.2. The number of Topliss-reactive ketones (excluding diaryl/α,β-unsaturated/α-hetero) is 1. The van der Waals surface area contributed by atoms with E-state index < -0.39 is 16.6 Å².